The molecule has 1 amide bonds. The van der Waals surface area contributed by atoms with E-state index >= 15 is 0 Å². The standard InChI is InChI=1S/C24H25ClN4O2S/c25-19-8-4-5-9-20(19)31-14-21-27-28-24(29(21)18-6-2-1-3-7-18)32-15-22(30)26-23(16-10-11-16)17-12-13-17/h1-9,16-17,23H,10-15H2,(H,26,30). The van der Waals surface area contributed by atoms with Crippen molar-refractivity contribution in [2.24, 2.45) is 11.8 Å². The summed E-state index contributed by atoms with van der Waals surface area (Å²) in [5.74, 6) is 2.97. The molecule has 1 heterocycles. The number of carbonyl (C=O) groups is 1. The highest BCUT2D eigenvalue weighted by Crippen LogP contribution is 2.44. The second-order valence-corrected chi connectivity index (χ2v) is 9.70. The van der Waals surface area contributed by atoms with E-state index in [1.54, 1.807) is 6.07 Å². The topological polar surface area (TPSA) is 69.0 Å². The number of nitrogens with zero attached hydrogens (tertiary/aromatic N) is 3. The third-order valence-corrected chi connectivity index (χ3v) is 7.07. The van der Waals surface area contributed by atoms with Crippen LogP contribution in [-0.2, 0) is 11.4 Å². The van der Waals surface area contributed by atoms with Gasteiger partial charge in [0.25, 0.3) is 0 Å². The minimum atomic E-state index is 0.0651. The van der Waals surface area contributed by atoms with Crippen LogP contribution in [0.2, 0.25) is 5.02 Å². The Morgan fingerprint density at radius 2 is 1.75 bits per heavy atom. The molecule has 2 aliphatic carbocycles. The summed E-state index contributed by atoms with van der Waals surface area (Å²) in [6.07, 6.45) is 4.97. The van der Waals surface area contributed by atoms with Crippen LogP contribution >= 0.6 is 23.4 Å². The number of amides is 1. The van der Waals surface area contributed by atoms with Crippen molar-refractivity contribution in [1.82, 2.24) is 20.1 Å². The molecule has 1 N–H and O–H groups in total. The van der Waals surface area contributed by atoms with E-state index < -0.39 is 0 Å². The molecular weight excluding hydrogens is 444 g/mol. The number of benzene rings is 2. The van der Waals surface area contributed by atoms with Gasteiger partial charge in [0.05, 0.1) is 10.8 Å². The molecule has 0 aliphatic heterocycles. The minimum absolute atomic E-state index is 0.0651. The van der Waals surface area contributed by atoms with Crippen LogP contribution in [0.1, 0.15) is 31.5 Å². The Kier molecular flexibility index (Phi) is 6.37. The first-order valence-electron chi connectivity index (χ1n) is 11.0. The fraction of sp³-hybridized carbons (Fsp3) is 0.375. The van der Waals surface area contributed by atoms with Gasteiger partial charge in [-0.05, 0) is 61.8 Å². The molecular formula is C24H25ClN4O2S. The Morgan fingerprint density at radius 3 is 2.44 bits per heavy atom. The molecule has 2 aromatic carbocycles. The zero-order chi connectivity index (χ0) is 21.9. The predicted molar refractivity (Wildman–Crippen MR) is 125 cm³/mol. The van der Waals surface area contributed by atoms with E-state index in [-0.39, 0.29) is 12.5 Å². The monoisotopic (exact) mass is 468 g/mol. The summed E-state index contributed by atoms with van der Waals surface area (Å²) in [7, 11) is 0. The number of para-hydroxylation sites is 2. The Bertz CT molecular complexity index is 1070. The van der Waals surface area contributed by atoms with E-state index in [1.807, 2.05) is 53.1 Å². The van der Waals surface area contributed by atoms with Crippen molar-refractivity contribution in [2.75, 3.05) is 5.75 Å². The lowest BCUT2D eigenvalue weighted by atomic mass is 10.1. The molecule has 8 heteroatoms. The van der Waals surface area contributed by atoms with Crippen molar-refractivity contribution in [3.8, 4) is 11.4 Å². The van der Waals surface area contributed by atoms with Gasteiger partial charge in [-0.2, -0.15) is 0 Å². The Labute approximate surface area is 196 Å². The molecule has 2 saturated carbocycles. The van der Waals surface area contributed by atoms with Gasteiger partial charge >= 0.3 is 0 Å². The van der Waals surface area contributed by atoms with Crippen LogP contribution < -0.4 is 10.1 Å². The van der Waals surface area contributed by atoms with Crippen LogP contribution in [0.15, 0.2) is 59.8 Å². The highest BCUT2D eigenvalue weighted by molar-refractivity contribution is 7.99. The van der Waals surface area contributed by atoms with Gasteiger partial charge in [-0.25, -0.2) is 0 Å². The summed E-state index contributed by atoms with van der Waals surface area (Å²) in [6, 6.07) is 17.6. The smallest absolute Gasteiger partial charge is 0.230 e. The number of aromatic nitrogens is 3. The Hall–Kier alpha value is -2.51. The van der Waals surface area contributed by atoms with E-state index in [1.165, 1.54) is 37.4 Å². The van der Waals surface area contributed by atoms with Gasteiger partial charge < -0.3 is 10.1 Å². The molecule has 2 aliphatic rings. The summed E-state index contributed by atoms with van der Waals surface area (Å²) in [4.78, 5) is 12.7. The van der Waals surface area contributed by atoms with Crippen LogP contribution in [0.25, 0.3) is 5.69 Å². The lowest BCUT2D eigenvalue weighted by Gasteiger charge is -2.17. The molecule has 3 aromatic rings. The average molecular weight is 469 g/mol. The van der Waals surface area contributed by atoms with Crippen molar-refractivity contribution in [3.05, 3.63) is 65.4 Å². The fourth-order valence-corrected chi connectivity index (χ4v) is 4.89. The molecule has 1 aromatic heterocycles. The second-order valence-electron chi connectivity index (χ2n) is 8.35. The van der Waals surface area contributed by atoms with Gasteiger partial charge in [0, 0.05) is 11.7 Å². The summed E-state index contributed by atoms with van der Waals surface area (Å²) in [6.45, 7) is 0.212. The number of rotatable bonds is 10. The van der Waals surface area contributed by atoms with Crippen molar-refractivity contribution in [2.45, 2.75) is 43.5 Å². The van der Waals surface area contributed by atoms with Gasteiger partial charge in [0.1, 0.15) is 12.4 Å². The van der Waals surface area contributed by atoms with E-state index in [4.69, 9.17) is 16.3 Å². The molecule has 5 rings (SSSR count). The second kappa shape index (κ2) is 9.55. The molecule has 0 saturated heterocycles. The molecule has 32 heavy (non-hydrogen) atoms. The Morgan fingerprint density at radius 1 is 1.06 bits per heavy atom. The first kappa shape index (κ1) is 21.3. The predicted octanol–water partition coefficient (Wildman–Crippen LogP) is 4.90. The lowest BCUT2D eigenvalue weighted by Crippen LogP contribution is -2.39. The highest BCUT2D eigenvalue weighted by Gasteiger charge is 2.42. The van der Waals surface area contributed by atoms with Crippen molar-refractivity contribution in [1.29, 1.82) is 0 Å². The maximum Gasteiger partial charge on any atom is 0.230 e. The number of halogens is 1. The Balaban J connectivity index is 1.29. The van der Waals surface area contributed by atoms with Gasteiger partial charge in [0.15, 0.2) is 11.0 Å². The number of thioether (sulfide) groups is 1. The maximum atomic E-state index is 12.7. The van der Waals surface area contributed by atoms with Crippen LogP contribution in [-0.4, -0.2) is 32.5 Å². The van der Waals surface area contributed by atoms with E-state index in [0.29, 0.717) is 45.4 Å². The number of ether oxygens (including phenoxy) is 1. The molecule has 0 spiro atoms. The van der Waals surface area contributed by atoms with Crippen molar-refractivity contribution >= 4 is 29.3 Å². The summed E-state index contributed by atoms with van der Waals surface area (Å²) in [5.41, 5.74) is 0.923. The fourth-order valence-electron chi connectivity index (χ4n) is 3.92. The SMILES string of the molecule is O=C(CSc1nnc(COc2ccccc2Cl)n1-c1ccccc1)NC(C1CC1)C1CC1. The number of hydrogen-bond donors (Lipinski definition) is 1. The third-order valence-electron chi connectivity index (χ3n) is 5.83. The van der Waals surface area contributed by atoms with Gasteiger partial charge in [-0.3, -0.25) is 9.36 Å². The van der Waals surface area contributed by atoms with E-state index in [9.17, 15) is 4.79 Å². The van der Waals surface area contributed by atoms with Gasteiger partial charge in [-0.15, -0.1) is 10.2 Å². The van der Waals surface area contributed by atoms with Crippen LogP contribution in [0.4, 0.5) is 0 Å². The zero-order valence-corrected chi connectivity index (χ0v) is 19.2. The molecule has 2 fully saturated rings. The number of nitrogens with one attached hydrogen (secondary N) is 1. The van der Waals surface area contributed by atoms with E-state index in [2.05, 4.69) is 15.5 Å². The third kappa shape index (κ3) is 5.10. The molecule has 0 atom stereocenters. The van der Waals surface area contributed by atoms with Crippen molar-refractivity contribution in [3.63, 3.8) is 0 Å². The van der Waals surface area contributed by atoms with Crippen LogP contribution in [0, 0.1) is 11.8 Å². The summed E-state index contributed by atoms with van der Waals surface area (Å²) >= 11 is 7.61. The summed E-state index contributed by atoms with van der Waals surface area (Å²) < 4.78 is 7.84. The maximum absolute atomic E-state index is 12.7. The molecule has 6 nitrogen and oxygen atoms in total. The molecule has 0 radical (unpaired) electrons. The normalized spacial score (nSPS) is 15.7. The molecule has 0 unspecified atom stereocenters. The largest absolute Gasteiger partial charge is 0.484 e. The lowest BCUT2D eigenvalue weighted by molar-refractivity contribution is -0.119. The quantitative estimate of drug-likeness (QED) is 0.429. The molecule has 0 bridgehead atoms. The van der Waals surface area contributed by atoms with Crippen LogP contribution in [0.5, 0.6) is 5.75 Å². The minimum Gasteiger partial charge on any atom is -0.484 e. The number of carbonyl (C=O) groups excluding carboxylic acids is 1. The van der Waals surface area contributed by atoms with Crippen LogP contribution in [0.3, 0.4) is 0 Å². The van der Waals surface area contributed by atoms with E-state index in [0.717, 1.165) is 5.69 Å². The zero-order valence-electron chi connectivity index (χ0n) is 17.6. The first-order valence-corrected chi connectivity index (χ1v) is 12.3. The van der Waals surface area contributed by atoms with Gasteiger partial charge in [0.2, 0.25) is 5.91 Å². The first-order chi connectivity index (χ1) is 15.7. The number of hydrogen-bond acceptors (Lipinski definition) is 5. The summed E-state index contributed by atoms with van der Waals surface area (Å²) in [5, 5.41) is 13.2. The van der Waals surface area contributed by atoms with Crippen molar-refractivity contribution < 1.29 is 9.53 Å². The average Bonchev–Trinajstić information content (AvgIpc) is 3.74. The van der Waals surface area contributed by atoms with Gasteiger partial charge in [-0.1, -0.05) is 53.7 Å². The molecule has 166 valence electrons. The highest BCUT2D eigenvalue weighted by atomic mass is 35.5.